The van der Waals surface area contributed by atoms with E-state index in [0.717, 1.165) is 44.1 Å². The Balaban J connectivity index is 1.47. The highest BCUT2D eigenvalue weighted by molar-refractivity contribution is 5.83. The molecule has 0 N–H and O–H groups in total. The lowest BCUT2D eigenvalue weighted by molar-refractivity contribution is -0.146. The van der Waals surface area contributed by atoms with Crippen LogP contribution in [0.15, 0.2) is 18.7 Å². The van der Waals surface area contributed by atoms with Crippen LogP contribution in [0.2, 0.25) is 0 Å². The molecule has 2 aliphatic heterocycles. The molecule has 2 atom stereocenters. The van der Waals surface area contributed by atoms with Crippen molar-refractivity contribution in [2.24, 2.45) is 11.8 Å². The maximum Gasteiger partial charge on any atom is 0.239 e. The second-order valence-electron chi connectivity index (χ2n) is 6.81. The molecular weight excluding hydrogens is 264 g/mol. The van der Waals surface area contributed by atoms with Gasteiger partial charge >= 0.3 is 0 Å². The lowest BCUT2D eigenvalue weighted by atomic mass is 9.85. The van der Waals surface area contributed by atoms with Gasteiger partial charge in [-0.1, -0.05) is 0 Å². The van der Waals surface area contributed by atoms with Crippen LogP contribution in [0.1, 0.15) is 31.2 Å². The van der Waals surface area contributed by atoms with Gasteiger partial charge in [0.15, 0.2) is 0 Å². The van der Waals surface area contributed by atoms with Crippen molar-refractivity contribution < 1.29 is 4.79 Å². The summed E-state index contributed by atoms with van der Waals surface area (Å²) < 4.78 is 0. The summed E-state index contributed by atoms with van der Waals surface area (Å²) in [7, 11) is 0. The molecule has 112 valence electrons. The topological polar surface area (TPSA) is 49.3 Å². The van der Waals surface area contributed by atoms with Gasteiger partial charge in [0.05, 0.1) is 6.04 Å². The highest BCUT2D eigenvalue weighted by Gasteiger charge is 2.42. The van der Waals surface area contributed by atoms with Crippen LogP contribution in [0.3, 0.4) is 0 Å². The Hall–Kier alpha value is -1.49. The zero-order valence-corrected chi connectivity index (χ0v) is 12.3. The van der Waals surface area contributed by atoms with Crippen LogP contribution in [0.4, 0.5) is 0 Å². The van der Waals surface area contributed by atoms with Gasteiger partial charge in [-0.2, -0.15) is 0 Å². The average Bonchev–Trinajstić information content (AvgIpc) is 3.32. The summed E-state index contributed by atoms with van der Waals surface area (Å²) in [5, 5.41) is 0. The third-order valence-electron chi connectivity index (χ3n) is 5.07. The number of likely N-dealkylation sites (tertiary alicyclic amines) is 2. The molecule has 1 aromatic rings. The number of nitrogens with zero attached hydrogens (tertiary/aromatic N) is 4. The van der Waals surface area contributed by atoms with E-state index in [-0.39, 0.29) is 6.04 Å². The summed E-state index contributed by atoms with van der Waals surface area (Å²) in [5.74, 6) is 1.84. The van der Waals surface area contributed by atoms with Crippen molar-refractivity contribution in [2.45, 2.75) is 38.3 Å². The lowest BCUT2D eigenvalue weighted by Gasteiger charge is -2.46. The molecule has 5 nitrogen and oxygen atoms in total. The molecule has 0 unspecified atom stereocenters. The number of fused-ring (bicyclic) bond motifs is 2. The van der Waals surface area contributed by atoms with Crippen molar-refractivity contribution in [3.8, 4) is 0 Å². The summed E-state index contributed by atoms with van der Waals surface area (Å²) in [6.45, 7) is 3.80. The van der Waals surface area contributed by atoms with Crippen molar-refractivity contribution in [2.75, 3.05) is 19.6 Å². The second-order valence-corrected chi connectivity index (χ2v) is 6.81. The summed E-state index contributed by atoms with van der Waals surface area (Å²) in [6, 6.07) is 0.0801. The Morgan fingerprint density at radius 2 is 2.00 bits per heavy atom. The molecule has 3 heterocycles. The summed E-state index contributed by atoms with van der Waals surface area (Å²) in [6.07, 6.45) is 10.1. The predicted molar refractivity (Wildman–Crippen MR) is 78.3 cm³/mol. The third-order valence-corrected chi connectivity index (χ3v) is 5.07. The van der Waals surface area contributed by atoms with Gasteiger partial charge in [-0.3, -0.25) is 9.69 Å². The fourth-order valence-corrected chi connectivity index (χ4v) is 3.73. The van der Waals surface area contributed by atoms with E-state index in [1.54, 1.807) is 6.33 Å². The van der Waals surface area contributed by atoms with Crippen LogP contribution >= 0.6 is 0 Å². The summed E-state index contributed by atoms with van der Waals surface area (Å²) in [5.41, 5.74) is 1.10. The van der Waals surface area contributed by atoms with Crippen molar-refractivity contribution in [1.29, 1.82) is 0 Å². The Kier molecular flexibility index (Phi) is 3.37. The molecule has 0 spiro atoms. The molecule has 1 aromatic heterocycles. The van der Waals surface area contributed by atoms with E-state index in [4.69, 9.17) is 0 Å². The van der Waals surface area contributed by atoms with Gasteiger partial charge < -0.3 is 4.90 Å². The second kappa shape index (κ2) is 5.37. The van der Waals surface area contributed by atoms with Crippen molar-refractivity contribution >= 4 is 5.91 Å². The maximum atomic E-state index is 12.8. The fraction of sp³-hybridized carbons (Fsp3) is 0.688. The minimum Gasteiger partial charge on any atom is -0.341 e. The molecule has 3 fully saturated rings. The van der Waals surface area contributed by atoms with Crippen LogP contribution in [-0.4, -0.2) is 51.4 Å². The van der Waals surface area contributed by atoms with Gasteiger partial charge in [0.2, 0.25) is 5.91 Å². The Labute approximate surface area is 125 Å². The zero-order valence-electron chi connectivity index (χ0n) is 12.3. The first-order valence-electron chi connectivity index (χ1n) is 8.06. The molecule has 1 saturated carbocycles. The number of carbonyl (C=O) groups is 1. The Morgan fingerprint density at radius 3 is 2.76 bits per heavy atom. The molecule has 2 saturated heterocycles. The average molecular weight is 286 g/mol. The molecule has 2 bridgehead atoms. The first-order chi connectivity index (χ1) is 10.3. The lowest BCUT2D eigenvalue weighted by Crippen LogP contribution is -2.58. The van der Waals surface area contributed by atoms with Crippen LogP contribution in [0.5, 0.6) is 0 Å². The molecule has 4 rings (SSSR count). The van der Waals surface area contributed by atoms with Gasteiger partial charge in [0.1, 0.15) is 6.33 Å². The van der Waals surface area contributed by atoms with Gasteiger partial charge in [-0.25, -0.2) is 9.97 Å². The number of hydrogen-bond acceptors (Lipinski definition) is 4. The number of aromatic nitrogens is 2. The molecule has 1 aliphatic carbocycles. The van der Waals surface area contributed by atoms with Crippen LogP contribution in [-0.2, 0) is 11.3 Å². The van der Waals surface area contributed by atoms with Gasteiger partial charge in [0, 0.05) is 37.6 Å². The van der Waals surface area contributed by atoms with E-state index in [2.05, 4.69) is 19.8 Å². The van der Waals surface area contributed by atoms with Gasteiger partial charge in [-0.05, 0) is 44.1 Å². The standard InChI is InChI=1S/C16H22N4O/c21-16-15-5-13(9-20(16)8-12-1-2-12)3-4-19(15)10-14-6-17-11-18-7-14/h6-7,11-13,15H,1-5,8-10H2/t13-,15+/m0/s1. The highest BCUT2D eigenvalue weighted by atomic mass is 16.2. The van der Waals surface area contributed by atoms with E-state index < -0.39 is 0 Å². The molecule has 3 aliphatic rings. The number of piperidine rings is 2. The first kappa shape index (κ1) is 13.2. The maximum absolute atomic E-state index is 12.8. The molecule has 1 amide bonds. The number of hydrogen-bond donors (Lipinski definition) is 0. The van der Waals surface area contributed by atoms with Crippen molar-refractivity contribution in [3.05, 3.63) is 24.3 Å². The molecule has 0 aromatic carbocycles. The SMILES string of the molecule is O=C1[C@H]2C[C@H](CCN2Cc2cncnc2)CN1CC1CC1. The van der Waals surface area contributed by atoms with Crippen molar-refractivity contribution in [1.82, 2.24) is 19.8 Å². The molecule has 0 radical (unpaired) electrons. The fourth-order valence-electron chi connectivity index (χ4n) is 3.73. The number of rotatable bonds is 4. The van der Waals surface area contributed by atoms with Gasteiger partial charge in [-0.15, -0.1) is 0 Å². The summed E-state index contributed by atoms with van der Waals surface area (Å²) >= 11 is 0. The van der Waals surface area contributed by atoms with Crippen LogP contribution in [0, 0.1) is 11.8 Å². The van der Waals surface area contributed by atoms with Crippen molar-refractivity contribution in [3.63, 3.8) is 0 Å². The Bertz CT molecular complexity index is 516. The third kappa shape index (κ3) is 2.79. The minimum absolute atomic E-state index is 0.0801. The number of amides is 1. The molecule has 5 heteroatoms. The predicted octanol–water partition coefficient (Wildman–Crippen LogP) is 1.31. The zero-order chi connectivity index (χ0) is 14.2. The largest absolute Gasteiger partial charge is 0.341 e. The Morgan fingerprint density at radius 1 is 1.19 bits per heavy atom. The van der Waals surface area contributed by atoms with E-state index >= 15 is 0 Å². The first-order valence-corrected chi connectivity index (χ1v) is 8.06. The smallest absolute Gasteiger partial charge is 0.239 e. The minimum atomic E-state index is 0.0801. The summed E-state index contributed by atoms with van der Waals surface area (Å²) in [4.78, 5) is 25.4. The van der Waals surface area contributed by atoms with E-state index in [9.17, 15) is 4.79 Å². The van der Waals surface area contributed by atoms with Crippen LogP contribution in [0.25, 0.3) is 0 Å². The van der Waals surface area contributed by atoms with Gasteiger partial charge in [0.25, 0.3) is 0 Å². The van der Waals surface area contributed by atoms with Crippen LogP contribution < -0.4 is 0 Å². The highest BCUT2D eigenvalue weighted by Crippen LogP contribution is 2.35. The quantitative estimate of drug-likeness (QED) is 0.837. The number of carbonyl (C=O) groups excluding carboxylic acids is 1. The van der Waals surface area contributed by atoms with E-state index in [1.165, 1.54) is 19.3 Å². The molecular formula is C16H22N4O. The normalized spacial score (nSPS) is 29.7. The molecule has 21 heavy (non-hydrogen) atoms. The van der Waals surface area contributed by atoms with E-state index in [0.29, 0.717) is 11.8 Å². The monoisotopic (exact) mass is 286 g/mol. The van der Waals surface area contributed by atoms with E-state index in [1.807, 2.05) is 12.4 Å².